The molecule has 0 spiro atoms. The molecule has 1 N–H and O–H groups in total. The van der Waals surface area contributed by atoms with E-state index in [1.165, 1.54) is 15.6 Å². The normalized spacial score (nSPS) is 22.7. The highest BCUT2D eigenvalue weighted by Crippen LogP contribution is 2.41. The summed E-state index contributed by atoms with van der Waals surface area (Å²) in [5, 5.41) is 4.38. The first-order valence-corrected chi connectivity index (χ1v) is 8.14. The number of nitrogens with one attached hydrogen (secondary N) is 1. The maximum atomic E-state index is 6.41. The first kappa shape index (κ1) is 14.1. The zero-order chi connectivity index (χ0) is 13.9. The first-order valence-electron chi connectivity index (χ1n) is 6.97. The van der Waals surface area contributed by atoms with Crippen molar-refractivity contribution in [3.63, 3.8) is 0 Å². The van der Waals surface area contributed by atoms with Gasteiger partial charge in [0.25, 0.3) is 0 Å². The van der Waals surface area contributed by atoms with E-state index in [9.17, 15) is 0 Å². The summed E-state index contributed by atoms with van der Waals surface area (Å²) in [6.07, 6.45) is 1.14. The molecular formula is C17H17BrClN. The van der Waals surface area contributed by atoms with E-state index in [1.54, 1.807) is 0 Å². The van der Waals surface area contributed by atoms with Gasteiger partial charge in [0, 0.05) is 22.0 Å². The predicted octanol–water partition coefficient (Wildman–Crippen LogP) is 4.96. The average molecular weight is 351 g/mol. The summed E-state index contributed by atoms with van der Waals surface area (Å²) in [6, 6.07) is 16.8. The molecule has 0 saturated carbocycles. The van der Waals surface area contributed by atoms with Crippen molar-refractivity contribution < 1.29 is 0 Å². The third kappa shape index (κ3) is 2.78. The molecule has 3 heteroatoms. The van der Waals surface area contributed by atoms with Crippen molar-refractivity contribution in [3.05, 3.63) is 69.2 Å². The average Bonchev–Trinajstić information content (AvgIpc) is 2.48. The Morgan fingerprint density at radius 1 is 0.950 bits per heavy atom. The monoisotopic (exact) mass is 349 g/mol. The number of rotatable bonds is 2. The molecule has 1 aliphatic rings. The number of benzene rings is 2. The molecule has 20 heavy (non-hydrogen) atoms. The van der Waals surface area contributed by atoms with E-state index >= 15 is 0 Å². The number of piperidine rings is 1. The lowest BCUT2D eigenvalue weighted by Gasteiger charge is -2.34. The maximum Gasteiger partial charge on any atom is 0.0441 e. The Bertz CT molecular complexity index is 546. The molecular weight excluding hydrogens is 334 g/mol. The minimum atomic E-state index is 0.427. The van der Waals surface area contributed by atoms with Crippen LogP contribution in [0, 0.1) is 0 Å². The van der Waals surface area contributed by atoms with Crippen LogP contribution in [-0.4, -0.2) is 13.1 Å². The fourth-order valence-corrected chi connectivity index (χ4v) is 3.96. The molecule has 0 aromatic heterocycles. The molecule has 1 saturated heterocycles. The van der Waals surface area contributed by atoms with E-state index in [0.29, 0.717) is 11.8 Å². The lowest BCUT2D eigenvalue weighted by atomic mass is 9.77. The number of hydrogen-bond donors (Lipinski definition) is 1. The topological polar surface area (TPSA) is 12.0 Å². The van der Waals surface area contributed by atoms with E-state index in [0.717, 1.165) is 24.5 Å². The quantitative estimate of drug-likeness (QED) is 0.807. The SMILES string of the molecule is Clc1ccccc1C1CNCCC1c1ccccc1Br. The van der Waals surface area contributed by atoms with Crippen LogP contribution in [-0.2, 0) is 0 Å². The van der Waals surface area contributed by atoms with E-state index < -0.39 is 0 Å². The molecule has 3 rings (SSSR count). The molecule has 0 bridgehead atoms. The highest BCUT2D eigenvalue weighted by molar-refractivity contribution is 9.10. The largest absolute Gasteiger partial charge is 0.316 e. The predicted molar refractivity (Wildman–Crippen MR) is 88.6 cm³/mol. The molecule has 2 unspecified atom stereocenters. The molecule has 1 nitrogen and oxygen atoms in total. The molecule has 1 heterocycles. The first-order chi connectivity index (χ1) is 9.77. The Morgan fingerprint density at radius 3 is 2.40 bits per heavy atom. The van der Waals surface area contributed by atoms with Crippen molar-refractivity contribution in [1.82, 2.24) is 5.32 Å². The molecule has 2 atom stereocenters. The number of hydrogen-bond acceptors (Lipinski definition) is 1. The Morgan fingerprint density at radius 2 is 1.65 bits per heavy atom. The van der Waals surface area contributed by atoms with Gasteiger partial charge in [-0.2, -0.15) is 0 Å². The van der Waals surface area contributed by atoms with Crippen LogP contribution in [0.4, 0.5) is 0 Å². The van der Waals surface area contributed by atoms with E-state index in [1.807, 2.05) is 12.1 Å². The van der Waals surface area contributed by atoms with Crippen LogP contribution < -0.4 is 5.32 Å². The standard InChI is InChI=1S/C17H17BrClN/c18-16-7-3-1-5-13(16)12-9-10-20-11-15(12)14-6-2-4-8-17(14)19/h1-8,12,15,20H,9-11H2. The third-order valence-corrected chi connectivity index (χ3v) is 5.16. The Balaban J connectivity index is 2.00. The van der Waals surface area contributed by atoms with Crippen molar-refractivity contribution in [3.8, 4) is 0 Å². The zero-order valence-electron chi connectivity index (χ0n) is 11.2. The van der Waals surface area contributed by atoms with Gasteiger partial charge in [0.1, 0.15) is 0 Å². The van der Waals surface area contributed by atoms with Gasteiger partial charge in [-0.15, -0.1) is 0 Å². The summed E-state index contributed by atoms with van der Waals surface area (Å²) in [6.45, 7) is 2.04. The number of halogens is 2. The lowest BCUT2D eigenvalue weighted by molar-refractivity contribution is 0.403. The van der Waals surface area contributed by atoms with Crippen LogP contribution in [0.5, 0.6) is 0 Å². The van der Waals surface area contributed by atoms with Gasteiger partial charge < -0.3 is 5.32 Å². The summed E-state index contributed by atoms with van der Waals surface area (Å²) in [7, 11) is 0. The Hall–Kier alpha value is -0.830. The highest BCUT2D eigenvalue weighted by Gasteiger charge is 2.29. The van der Waals surface area contributed by atoms with Crippen LogP contribution in [0.3, 0.4) is 0 Å². The summed E-state index contributed by atoms with van der Waals surface area (Å²) in [5.74, 6) is 0.933. The summed E-state index contributed by atoms with van der Waals surface area (Å²) >= 11 is 10.1. The van der Waals surface area contributed by atoms with E-state index in [4.69, 9.17) is 11.6 Å². The van der Waals surface area contributed by atoms with Crippen molar-refractivity contribution in [2.24, 2.45) is 0 Å². The second-order valence-corrected chi connectivity index (χ2v) is 6.51. The smallest absolute Gasteiger partial charge is 0.0441 e. The molecule has 0 radical (unpaired) electrons. The van der Waals surface area contributed by atoms with Gasteiger partial charge in [0.2, 0.25) is 0 Å². The van der Waals surface area contributed by atoms with Crippen LogP contribution in [0.1, 0.15) is 29.4 Å². The van der Waals surface area contributed by atoms with E-state index in [2.05, 4.69) is 57.6 Å². The molecule has 0 aliphatic carbocycles. The Kier molecular flexibility index (Phi) is 4.45. The molecule has 2 aromatic rings. The van der Waals surface area contributed by atoms with Crippen LogP contribution in [0.25, 0.3) is 0 Å². The van der Waals surface area contributed by atoms with Crippen molar-refractivity contribution >= 4 is 27.5 Å². The maximum absolute atomic E-state index is 6.41. The summed E-state index contributed by atoms with van der Waals surface area (Å²) in [5.41, 5.74) is 2.64. The molecule has 1 aliphatic heterocycles. The van der Waals surface area contributed by atoms with Gasteiger partial charge in [-0.05, 0) is 42.1 Å². The summed E-state index contributed by atoms with van der Waals surface area (Å²) < 4.78 is 1.20. The fourth-order valence-electron chi connectivity index (χ4n) is 3.11. The molecule has 104 valence electrons. The Labute approximate surface area is 133 Å². The van der Waals surface area contributed by atoms with Gasteiger partial charge in [-0.25, -0.2) is 0 Å². The lowest BCUT2D eigenvalue weighted by Crippen LogP contribution is -2.34. The van der Waals surface area contributed by atoms with Crippen molar-refractivity contribution in [2.75, 3.05) is 13.1 Å². The van der Waals surface area contributed by atoms with Crippen LogP contribution in [0.15, 0.2) is 53.0 Å². The van der Waals surface area contributed by atoms with Crippen molar-refractivity contribution in [1.29, 1.82) is 0 Å². The highest BCUT2D eigenvalue weighted by atomic mass is 79.9. The minimum Gasteiger partial charge on any atom is -0.316 e. The second-order valence-electron chi connectivity index (χ2n) is 5.25. The van der Waals surface area contributed by atoms with E-state index in [-0.39, 0.29) is 0 Å². The second kappa shape index (κ2) is 6.30. The van der Waals surface area contributed by atoms with Gasteiger partial charge in [0.15, 0.2) is 0 Å². The third-order valence-electron chi connectivity index (χ3n) is 4.09. The van der Waals surface area contributed by atoms with Gasteiger partial charge in [-0.1, -0.05) is 63.9 Å². The fraction of sp³-hybridized carbons (Fsp3) is 0.294. The van der Waals surface area contributed by atoms with Gasteiger partial charge in [0.05, 0.1) is 0 Å². The molecule has 2 aromatic carbocycles. The zero-order valence-corrected chi connectivity index (χ0v) is 13.5. The van der Waals surface area contributed by atoms with Gasteiger partial charge >= 0.3 is 0 Å². The van der Waals surface area contributed by atoms with Crippen LogP contribution in [0.2, 0.25) is 5.02 Å². The van der Waals surface area contributed by atoms with Crippen molar-refractivity contribution in [2.45, 2.75) is 18.3 Å². The summed E-state index contributed by atoms with van der Waals surface area (Å²) in [4.78, 5) is 0. The minimum absolute atomic E-state index is 0.427. The van der Waals surface area contributed by atoms with Gasteiger partial charge in [-0.3, -0.25) is 0 Å². The molecule has 1 fully saturated rings. The molecule has 0 amide bonds. The van der Waals surface area contributed by atoms with Crippen LogP contribution >= 0.6 is 27.5 Å².